The van der Waals surface area contributed by atoms with Crippen LogP contribution in [0.5, 0.6) is 0 Å². The van der Waals surface area contributed by atoms with E-state index in [0.29, 0.717) is 0 Å². The van der Waals surface area contributed by atoms with E-state index in [9.17, 15) is 0 Å². The lowest BCUT2D eigenvalue weighted by Crippen LogP contribution is -2.31. The number of fused-ring (bicyclic) bond motifs is 1. The van der Waals surface area contributed by atoms with Gasteiger partial charge in [0.05, 0.1) is 5.69 Å². The molecule has 21 heavy (non-hydrogen) atoms. The van der Waals surface area contributed by atoms with Gasteiger partial charge in [0.1, 0.15) is 12.1 Å². The number of hydrogen-bond acceptors (Lipinski definition) is 4. The van der Waals surface area contributed by atoms with Crippen LogP contribution in [0.25, 0.3) is 0 Å². The molecule has 0 saturated heterocycles. The molecule has 0 amide bonds. The van der Waals surface area contributed by atoms with Crippen LogP contribution in [0, 0.1) is 0 Å². The summed E-state index contributed by atoms with van der Waals surface area (Å²) in [5, 5.41) is 0. The maximum absolute atomic E-state index is 4.53. The first-order valence-electron chi connectivity index (χ1n) is 7.50. The summed E-state index contributed by atoms with van der Waals surface area (Å²) in [4.78, 5) is 13.6. The van der Waals surface area contributed by atoms with E-state index in [-0.39, 0.29) is 0 Å². The van der Waals surface area contributed by atoms with Crippen LogP contribution in [-0.4, -0.2) is 42.1 Å². The van der Waals surface area contributed by atoms with Gasteiger partial charge in [-0.25, -0.2) is 9.97 Å². The van der Waals surface area contributed by atoms with Crippen molar-refractivity contribution >= 4 is 5.82 Å². The molecule has 0 aliphatic carbocycles. The van der Waals surface area contributed by atoms with Crippen LogP contribution in [0.15, 0.2) is 36.7 Å². The molecule has 1 aliphatic heterocycles. The largest absolute Gasteiger partial charge is 0.359 e. The Bertz CT molecular complexity index is 597. The molecule has 0 unspecified atom stereocenters. The maximum atomic E-state index is 4.53. The monoisotopic (exact) mass is 282 g/mol. The zero-order valence-electron chi connectivity index (χ0n) is 12.8. The number of aromatic nitrogens is 2. The van der Waals surface area contributed by atoms with Crippen molar-refractivity contribution in [2.75, 3.05) is 32.1 Å². The van der Waals surface area contributed by atoms with Crippen LogP contribution in [0.2, 0.25) is 0 Å². The predicted molar refractivity (Wildman–Crippen MR) is 85.5 cm³/mol. The summed E-state index contributed by atoms with van der Waals surface area (Å²) < 4.78 is 0. The van der Waals surface area contributed by atoms with E-state index in [4.69, 9.17) is 0 Å². The molecule has 4 heteroatoms. The van der Waals surface area contributed by atoms with Gasteiger partial charge in [0.2, 0.25) is 0 Å². The molecule has 0 N–H and O–H groups in total. The zero-order chi connectivity index (χ0) is 14.7. The molecule has 110 valence electrons. The van der Waals surface area contributed by atoms with Crippen LogP contribution in [0.4, 0.5) is 5.82 Å². The molecule has 1 aliphatic rings. The fourth-order valence-corrected chi connectivity index (χ4v) is 2.84. The highest BCUT2D eigenvalue weighted by Gasteiger charge is 2.20. The summed E-state index contributed by atoms with van der Waals surface area (Å²) in [5.74, 6) is 1.09. The Morgan fingerprint density at radius 3 is 2.81 bits per heavy atom. The van der Waals surface area contributed by atoms with Gasteiger partial charge in [-0.05, 0) is 19.0 Å². The molecule has 0 atom stereocenters. The minimum atomic E-state index is 0.946. The van der Waals surface area contributed by atoms with Crippen molar-refractivity contribution in [1.29, 1.82) is 0 Å². The minimum Gasteiger partial charge on any atom is -0.359 e. The second kappa shape index (κ2) is 6.22. The number of likely N-dealkylation sites (N-methyl/N-ethyl adjacent to an activating group) is 2. The molecule has 0 saturated carbocycles. The van der Waals surface area contributed by atoms with Gasteiger partial charge in [-0.1, -0.05) is 30.3 Å². The molecule has 3 rings (SSSR count). The number of anilines is 1. The Kier molecular flexibility index (Phi) is 4.15. The molecule has 1 aromatic heterocycles. The third-order valence-corrected chi connectivity index (χ3v) is 4.11. The molecular formula is C17H22N4. The Labute approximate surface area is 126 Å². The van der Waals surface area contributed by atoms with Crippen molar-refractivity contribution in [3.63, 3.8) is 0 Å². The zero-order valence-corrected chi connectivity index (χ0v) is 12.8. The third-order valence-electron chi connectivity index (χ3n) is 4.11. The maximum Gasteiger partial charge on any atom is 0.136 e. The van der Waals surface area contributed by atoms with Crippen molar-refractivity contribution in [3.8, 4) is 0 Å². The average Bonchev–Trinajstić information content (AvgIpc) is 2.53. The van der Waals surface area contributed by atoms with Crippen molar-refractivity contribution < 1.29 is 0 Å². The van der Waals surface area contributed by atoms with E-state index >= 15 is 0 Å². The van der Waals surface area contributed by atoms with E-state index in [1.807, 2.05) is 0 Å². The first kappa shape index (κ1) is 14.0. The van der Waals surface area contributed by atoms with Crippen LogP contribution >= 0.6 is 0 Å². The van der Waals surface area contributed by atoms with Crippen molar-refractivity contribution in [1.82, 2.24) is 14.9 Å². The molecule has 2 heterocycles. The van der Waals surface area contributed by atoms with Gasteiger partial charge in [-0.3, -0.25) is 0 Å². The summed E-state index contributed by atoms with van der Waals surface area (Å²) in [6.45, 7) is 3.00. The van der Waals surface area contributed by atoms with Gasteiger partial charge >= 0.3 is 0 Å². The first-order valence-corrected chi connectivity index (χ1v) is 7.50. The second-order valence-electron chi connectivity index (χ2n) is 5.77. The smallest absolute Gasteiger partial charge is 0.136 e. The predicted octanol–water partition coefficient (Wildman–Crippen LogP) is 2.14. The standard InChI is InChI=1S/C17H22N4/c1-20-10-9-16-15(12-20)17(19-13-18-16)21(2)11-8-14-6-4-3-5-7-14/h3-7,13H,8-12H2,1-2H3. The van der Waals surface area contributed by atoms with Crippen LogP contribution in [0.3, 0.4) is 0 Å². The van der Waals surface area contributed by atoms with E-state index in [2.05, 4.69) is 64.2 Å². The lowest BCUT2D eigenvalue weighted by molar-refractivity contribution is 0.309. The molecule has 0 bridgehead atoms. The summed E-state index contributed by atoms with van der Waals surface area (Å²) in [6.07, 6.45) is 3.76. The van der Waals surface area contributed by atoms with Gasteiger partial charge < -0.3 is 9.80 Å². The summed E-state index contributed by atoms with van der Waals surface area (Å²) >= 11 is 0. The number of hydrogen-bond donors (Lipinski definition) is 0. The molecule has 2 aromatic rings. The van der Waals surface area contributed by atoms with Crippen molar-refractivity contribution in [2.24, 2.45) is 0 Å². The highest BCUT2D eigenvalue weighted by atomic mass is 15.2. The van der Waals surface area contributed by atoms with Gasteiger partial charge in [0, 0.05) is 38.7 Å². The van der Waals surface area contributed by atoms with Crippen LogP contribution in [0.1, 0.15) is 16.8 Å². The molecular weight excluding hydrogens is 260 g/mol. The SMILES string of the molecule is CN1CCc2ncnc(N(C)CCc3ccccc3)c2C1. The summed E-state index contributed by atoms with van der Waals surface area (Å²) in [6, 6.07) is 10.6. The highest BCUT2D eigenvalue weighted by molar-refractivity contribution is 5.49. The lowest BCUT2D eigenvalue weighted by atomic mass is 10.1. The third kappa shape index (κ3) is 3.22. The molecule has 0 fully saturated rings. The fraction of sp³-hybridized carbons (Fsp3) is 0.412. The second-order valence-corrected chi connectivity index (χ2v) is 5.77. The number of rotatable bonds is 4. The summed E-state index contributed by atoms with van der Waals surface area (Å²) in [5.41, 5.74) is 3.87. The lowest BCUT2D eigenvalue weighted by Gasteiger charge is -2.28. The van der Waals surface area contributed by atoms with Crippen molar-refractivity contribution in [3.05, 3.63) is 53.5 Å². The van der Waals surface area contributed by atoms with E-state index < -0.39 is 0 Å². The van der Waals surface area contributed by atoms with E-state index in [1.54, 1.807) is 6.33 Å². The van der Waals surface area contributed by atoms with Crippen molar-refractivity contribution in [2.45, 2.75) is 19.4 Å². The molecule has 0 spiro atoms. The van der Waals surface area contributed by atoms with Gasteiger partial charge in [0.15, 0.2) is 0 Å². The first-order chi connectivity index (χ1) is 10.2. The minimum absolute atomic E-state index is 0.946. The van der Waals surface area contributed by atoms with Gasteiger partial charge in [-0.2, -0.15) is 0 Å². The van der Waals surface area contributed by atoms with Gasteiger partial charge in [-0.15, -0.1) is 0 Å². The number of nitrogens with zero attached hydrogens (tertiary/aromatic N) is 4. The highest BCUT2D eigenvalue weighted by Crippen LogP contribution is 2.24. The van der Waals surface area contributed by atoms with Crippen LogP contribution in [-0.2, 0) is 19.4 Å². The average molecular weight is 282 g/mol. The Balaban J connectivity index is 1.74. The molecule has 1 aromatic carbocycles. The quantitative estimate of drug-likeness (QED) is 0.860. The Morgan fingerprint density at radius 1 is 1.19 bits per heavy atom. The van der Waals surface area contributed by atoms with E-state index in [0.717, 1.165) is 38.3 Å². The normalized spacial score (nSPS) is 14.8. The topological polar surface area (TPSA) is 32.3 Å². The Morgan fingerprint density at radius 2 is 2.00 bits per heavy atom. The van der Waals surface area contributed by atoms with Gasteiger partial charge in [0.25, 0.3) is 0 Å². The molecule has 0 radical (unpaired) electrons. The molecule has 4 nitrogen and oxygen atoms in total. The number of benzene rings is 1. The summed E-state index contributed by atoms with van der Waals surface area (Å²) in [7, 11) is 4.28. The van der Waals surface area contributed by atoms with Crippen LogP contribution < -0.4 is 4.90 Å². The Hall–Kier alpha value is -1.94. The fourth-order valence-electron chi connectivity index (χ4n) is 2.84. The van der Waals surface area contributed by atoms with E-state index in [1.165, 1.54) is 16.8 Å².